The monoisotopic (exact) mass is 474 g/mol. The summed E-state index contributed by atoms with van der Waals surface area (Å²) in [5, 5.41) is 11.1. The van der Waals surface area contributed by atoms with Gasteiger partial charge in [0.1, 0.15) is 15.6 Å². The molecular weight excluding hydrogens is 459 g/mol. The third-order valence-electron chi connectivity index (χ3n) is 4.75. The van der Waals surface area contributed by atoms with Crippen LogP contribution in [0.25, 0.3) is 0 Å². The van der Waals surface area contributed by atoms with E-state index in [0.717, 1.165) is 41.0 Å². The molecule has 0 amide bonds. The second-order valence-electron chi connectivity index (χ2n) is 6.37. The lowest BCUT2D eigenvalue weighted by Crippen LogP contribution is -2.28. The Bertz CT molecular complexity index is 851. The summed E-state index contributed by atoms with van der Waals surface area (Å²) in [4.78, 5) is 0. The zero-order chi connectivity index (χ0) is 18.3. The Hall–Kier alpha value is -0.400. The molecule has 0 bridgehead atoms. The number of rotatable bonds is 3. The van der Waals surface area contributed by atoms with Gasteiger partial charge in [-0.2, -0.15) is 0 Å². The van der Waals surface area contributed by atoms with E-state index in [1.807, 2.05) is 18.2 Å². The van der Waals surface area contributed by atoms with Gasteiger partial charge in [0.15, 0.2) is 0 Å². The second kappa shape index (κ2) is 7.55. The predicted molar refractivity (Wildman–Crippen MR) is 111 cm³/mol. The fourth-order valence-electron chi connectivity index (χ4n) is 3.41. The van der Waals surface area contributed by atoms with E-state index in [9.17, 15) is 9.50 Å². The van der Waals surface area contributed by atoms with Gasteiger partial charge in [0.2, 0.25) is 0 Å². The lowest BCUT2D eigenvalue weighted by molar-refractivity contribution is 0.284. The van der Waals surface area contributed by atoms with E-state index < -0.39 is 4.08 Å². The second-order valence-corrected chi connectivity index (χ2v) is 10.8. The van der Waals surface area contributed by atoms with Crippen molar-refractivity contribution in [1.29, 1.82) is 0 Å². The van der Waals surface area contributed by atoms with E-state index in [-0.39, 0.29) is 17.7 Å². The Kier molecular flexibility index (Phi) is 5.50. The molecular formula is C19H17BrClFO2S2. The van der Waals surface area contributed by atoms with Gasteiger partial charge in [-0.05, 0) is 69.1 Å². The Balaban J connectivity index is 1.69. The molecule has 1 N–H and O–H groups in total. The minimum Gasteiger partial charge on any atom is -0.491 e. The van der Waals surface area contributed by atoms with Gasteiger partial charge in [-0.1, -0.05) is 17.7 Å². The molecule has 2 aliphatic heterocycles. The number of fused-ring (bicyclic) bond motifs is 1. The molecule has 2 aromatic rings. The molecule has 2 atom stereocenters. The number of aliphatic hydroxyl groups excluding tert-OH is 1. The highest BCUT2D eigenvalue weighted by Crippen LogP contribution is 2.58. The molecule has 0 aromatic heterocycles. The summed E-state index contributed by atoms with van der Waals surface area (Å²) in [6.07, 6.45) is 1.81. The summed E-state index contributed by atoms with van der Waals surface area (Å²) in [6.45, 7) is 0.661. The maximum Gasteiger partial charge on any atom is 0.141 e. The molecule has 2 aromatic carbocycles. The van der Waals surface area contributed by atoms with E-state index in [1.54, 1.807) is 23.5 Å². The van der Waals surface area contributed by atoms with Crippen LogP contribution in [-0.4, -0.2) is 24.1 Å². The maximum absolute atomic E-state index is 13.6. The fourth-order valence-corrected chi connectivity index (χ4v) is 7.48. The smallest absolute Gasteiger partial charge is 0.141 e. The number of aliphatic hydroxyl groups is 1. The van der Waals surface area contributed by atoms with Crippen molar-refractivity contribution in [3.8, 4) is 5.75 Å². The highest BCUT2D eigenvalue weighted by Gasteiger charge is 2.41. The molecule has 26 heavy (non-hydrogen) atoms. The van der Waals surface area contributed by atoms with Crippen molar-refractivity contribution >= 4 is 51.1 Å². The largest absolute Gasteiger partial charge is 0.491 e. The first-order chi connectivity index (χ1) is 12.5. The van der Waals surface area contributed by atoms with Gasteiger partial charge in [-0.15, -0.1) is 23.5 Å². The molecule has 0 aliphatic carbocycles. The summed E-state index contributed by atoms with van der Waals surface area (Å²) in [7, 11) is 0. The van der Waals surface area contributed by atoms with Crippen LogP contribution in [0.5, 0.6) is 5.75 Å². The summed E-state index contributed by atoms with van der Waals surface area (Å²) in [6, 6.07) is 9.21. The molecule has 2 aliphatic rings. The van der Waals surface area contributed by atoms with Crippen molar-refractivity contribution < 1.29 is 14.2 Å². The van der Waals surface area contributed by atoms with Crippen molar-refractivity contribution in [1.82, 2.24) is 0 Å². The van der Waals surface area contributed by atoms with E-state index >= 15 is 0 Å². The zero-order valence-electron chi connectivity index (χ0n) is 13.8. The predicted octanol–water partition coefficient (Wildman–Crippen LogP) is 5.93. The molecule has 0 radical (unpaired) electrons. The standard InChI is InChI=1S/C19H17BrClFO2S2/c20-14-8-11(1-2-16(14)22)17-4-6-25-19(10-23,26-17)13-7-12-3-5-24-18(12)15(21)9-13/h1-2,7-9,17,23H,3-6,10H2. The lowest BCUT2D eigenvalue weighted by Gasteiger charge is -2.39. The van der Waals surface area contributed by atoms with Crippen molar-refractivity contribution in [3.05, 3.63) is 62.3 Å². The Morgan fingerprint density at radius 1 is 1.35 bits per heavy atom. The quantitative estimate of drug-likeness (QED) is 0.595. The van der Waals surface area contributed by atoms with Gasteiger partial charge in [0.05, 0.1) is 22.7 Å². The number of ether oxygens (including phenoxy) is 1. The summed E-state index contributed by atoms with van der Waals surface area (Å²) < 4.78 is 19.2. The van der Waals surface area contributed by atoms with Gasteiger partial charge in [0, 0.05) is 11.7 Å². The Morgan fingerprint density at radius 3 is 2.96 bits per heavy atom. The van der Waals surface area contributed by atoms with Gasteiger partial charge < -0.3 is 9.84 Å². The van der Waals surface area contributed by atoms with Crippen LogP contribution in [0.2, 0.25) is 5.02 Å². The molecule has 1 fully saturated rings. The van der Waals surface area contributed by atoms with Crippen LogP contribution in [0.15, 0.2) is 34.8 Å². The normalized spacial score (nSPS) is 25.0. The summed E-state index contributed by atoms with van der Waals surface area (Å²) in [5.41, 5.74) is 3.19. The average molecular weight is 476 g/mol. The molecule has 2 unspecified atom stereocenters. The number of thioether (sulfide) groups is 2. The van der Waals surface area contributed by atoms with Crippen LogP contribution in [0.1, 0.15) is 28.4 Å². The van der Waals surface area contributed by atoms with E-state index in [2.05, 4.69) is 22.0 Å². The lowest BCUT2D eigenvalue weighted by atomic mass is 10.1. The van der Waals surface area contributed by atoms with Gasteiger partial charge in [0.25, 0.3) is 0 Å². The van der Waals surface area contributed by atoms with Crippen molar-refractivity contribution in [2.75, 3.05) is 19.0 Å². The number of benzene rings is 2. The fraction of sp³-hybridized carbons (Fsp3) is 0.368. The zero-order valence-corrected chi connectivity index (χ0v) is 17.8. The molecule has 0 saturated carbocycles. The van der Waals surface area contributed by atoms with Crippen LogP contribution in [0, 0.1) is 5.82 Å². The van der Waals surface area contributed by atoms with Crippen LogP contribution < -0.4 is 4.74 Å². The SMILES string of the molecule is OCC1(c2cc(Cl)c3c(c2)CCO3)SCCC(c2ccc(F)c(Br)c2)S1. The molecule has 2 nitrogen and oxygen atoms in total. The first-order valence-corrected chi connectivity index (χ1v) is 11.4. The summed E-state index contributed by atoms with van der Waals surface area (Å²) >= 11 is 13.2. The van der Waals surface area contributed by atoms with Crippen LogP contribution in [-0.2, 0) is 10.5 Å². The first kappa shape index (κ1) is 18.9. The minimum absolute atomic E-state index is 0.0111. The molecule has 138 valence electrons. The first-order valence-electron chi connectivity index (χ1n) is 8.36. The molecule has 0 spiro atoms. The molecule has 2 heterocycles. The summed E-state index contributed by atoms with van der Waals surface area (Å²) in [5.74, 6) is 1.43. The average Bonchev–Trinajstić information content (AvgIpc) is 3.13. The van der Waals surface area contributed by atoms with Crippen molar-refractivity contribution in [2.24, 2.45) is 0 Å². The minimum atomic E-state index is -0.481. The third kappa shape index (κ3) is 3.39. The third-order valence-corrected chi connectivity index (χ3v) is 9.09. The molecule has 7 heteroatoms. The van der Waals surface area contributed by atoms with E-state index in [1.165, 1.54) is 6.07 Å². The van der Waals surface area contributed by atoms with Gasteiger partial charge >= 0.3 is 0 Å². The van der Waals surface area contributed by atoms with E-state index in [0.29, 0.717) is 16.1 Å². The topological polar surface area (TPSA) is 29.5 Å². The number of hydrogen-bond acceptors (Lipinski definition) is 4. The van der Waals surface area contributed by atoms with Crippen LogP contribution in [0.3, 0.4) is 0 Å². The molecule has 4 rings (SSSR count). The Labute approximate surface area is 174 Å². The van der Waals surface area contributed by atoms with Gasteiger partial charge in [-0.25, -0.2) is 4.39 Å². The maximum atomic E-state index is 13.6. The number of halogens is 3. The van der Waals surface area contributed by atoms with Crippen molar-refractivity contribution in [2.45, 2.75) is 22.2 Å². The highest BCUT2D eigenvalue weighted by molar-refractivity contribution is 9.10. The Morgan fingerprint density at radius 2 is 2.19 bits per heavy atom. The number of hydrogen-bond donors (Lipinski definition) is 1. The van der Waals surface area contributed by atoms with Crippen LogP contribution in [0.4, 0.5) is 4.39 Å². The van der Waals surface area contributed by atoms with E-state index in [4.69, 9.17) is 16.3 Å². The van der Waals surface area contributed by atoms with Gasteiger partial charge in [-0.3, -0.25) is 0 Å². The molecule has 1 saturated heterocycles. The van der Waals surface area contributed by atoms with Crippen LogP contribution >= 0.6 is 51.1 Å². The van der Waals surface area contributed by atoms with Crippen molar-refractivity contribution in [3.63, 3.8) is 0 Å². The highest BCUT2D eigenvalue weighted by atomic mass is 79.9.